The molecule has 1 unspecified atom stereocenters. The van der Waals surface area contributed by atoms with Gasteiger partial charge in [0, 0.05) is 0 Å². The standard InChI is InChI=1S/C3H7FO2S/c1-2-3-6-7(4)5/h2-3H2,1H3. The normalized spacial score (nSPS) is 14.0. The third kappa shape index (κ3) is 6.04. The third-order valence-corrected chi connectivity index (χ3v) is 0.732. The molecule has 2 nitrogen and oxygen atoms in total. The van der Waals surface area contributed by atoms with Gasteiger partial charge in [0.25, 0.3) is 0 Å². The van der Waals surface area contributed by atoms with Crippen LogP contribution in [0.3, 0.4) is 0 Å². The molecule has 44 valence electrons. The van der Waals surface area contributed by atoms with E-state index < -0.39 is 11.5 Å². The van der Waals surface area contributed by atoms with Crippen LogP contribution in [0.5, 0.6) is 0 Å². The second-order valence-electron chi connectivity index (χ2n) is 1.02. The van der Waals surface area contributed by atoms with Gasteiger partial charge in [-0.1, -0.05) is 6.92 Å². The van der Waals surface area contributed by atoms with Crippen LogP contribution in [0, 0.1) is 0 Å². The maximum atomic E-state index is 11.1. The van der Waals surface area contributed by atoms with Crippen molar-refractivity contribution in [3.63, 3.8) is 0 Å². The molecule has 0 aliphatic heterocycles. The summed E-state index contributed by atoms with van der Waals surface area (Å²) in [6.07, 6.45) is 0.690. The van der Waals surface area contributed by atoms with Crippen molar-refractivity contribution in [2.75, 3.05) is 6.61 Å². The smallest absolute Gasteiger partial charge is 0.265 e. The SMILES string of the molecule is CCCOS(=O)F. The van der Waals surface area contributed by atoms with Crippen molar-refractivity contribution >= 4 is 11.5 Å². The van der Waals surface area contributed by atoms with Crippen LogP contribution < -0.4 is 0 Å². The lowest BCUT2D eigenvalue weighted by Gasteiger charge is -1.87. The summed E-state index contributed by atoms with van der Waals surface area (Å²) in [5.41, 5.74) is 0. The highest BCUT2D eigenvalue weighted by Crippen LogP contribution is 1.86. The topological polar surface area (TPSA) is 26.3 Å². The van der Waals surface area contributed by atoms with Gasteiger partial charge in [-0.15, -0.1) is 3.89 Å². The molecule has 0 aromatic heterocycles. The van der Waals surface area contributed by atoms with Crippen molar-refractivity contribution in [3.8, 4) is 0 Å². The molecule has 0 aliphatic carbocycles. The molecule has 0 radical (unpaired) electrons. The van der Waals surface area contributed by atoms with Gasteiger partial charge in [0.1, 0.15) is 0 Å². The molecule has 0 rings (SSSR count). The molecule has 0 aliphatic rings. The summed E-state index contributed by atoms with van der Waals surface area (Å²) in [7, 11) is 0. The van der Waals surface area contributed by atoms with Gasteiger partial charge >= 0.3 is 11.5 Å². The zero-order valence-corrected chi connectivity index (χ0v) is 4.83. The maximum Gasteiger partial charge on any atom is 0.344 e. The first kappa shape index (κ1) is 7.04. The van der Waals surface area contributed by atoms with Crippen LogP contribution in [0.1, 0.15) is 13.3 Å². The number of hydrogen-bond donors (Lipinski definition) is 0. The van der Waals surface area contributed by atoms with E-state index in [1.807, 2.05) is 6.92 Å². The summed E-state index contributed by atoms with van der Waals surface area (Å²) in [6, 6.07) is 0. The summed E-state index contributed by atoms with van der Waals surface area (Å²) in [5, 5.41) is 0. The van der Waals surface area contributed by atoms with E-state index in [1.54, 1.807) is 0 Å². The molecule has 0 saturated heterocycles. The van der Waals surface area contributed by atoms with Crippen LogP contribution in [-0.2, 0) is 15.6 Å². The molecule has 4 heteroatoms. The molecule has 0 aromatic rings. The Morgan fingerprint density at radius 2 is 2.43 bits per heavy atom. The Morgan fingerprint density at radius 3 is 2.57 bits per heavy atom. The van der Waals surface area contributed by atoms with Crippen LogP contribution in [0.25, 0.3) is 0 Å². The third-order valence-electron chi connectivity index (χ3n) is 0.380. The zero-order valence-electron chi connectivity index (χ0n) is 4.02. The molecule has 7 heavy (non-hydrogen) atoms. The molecule has 1 atom stereocenters. The second kappa shape index (κ2) is 4.21. The molecular formula is C3H7FO2S. The van der Waals surface area contributed by atoms with E-state index in [9.17, 15) is 8.09 Å². The van der Waals surface area contributed by atoms with Gasteiger partial charge in [0.05, 0.1) is 6.61 Å². The predicted octanol–water partition coefficient (Wildman–Crippen LogP) is 0.961. The van der Waals surface area contributed by atoms with Crippen molar-refractivity contribution in [2.24, 2.45) is 0 Å². The summed E-state index contributed by atoms with van der Waals surface area (Å²) in [5.74, 6) is 0. The van der Waals surface area contributed by atoms with E-state index in [0.29, 0.717) is 6.42 Å². The Hall–Kier alpha value is 0.0400. The van der Waals surface area contributed by atoms with E-state index >= 15 is 0 Å². The highest BCUT2D eigenvalue weighted by Gasteiger charge is 1.89. The molecule has 0 saturated carbocycles. The first-order valence-electron chi connectivity index (χ1n) is 1.98. The van der Waals surface area contributed by atoms with Crippen LogP contribution in [0.4, 0.5) is 3.89 Å². The van der Waals surface area contributed by atoms with Crippen LogP contribution in [-0.4, -0.2) is 10.8 Å². The molecule has 0 fully saturated rings. The van der Waals surface area contributed by atoms with Gasteiger partial charge in [-0.25, -0.2) is 0 Å². The summed E-state index contributed by atoms with van der Waals surface area (Å²) < 4.78 is 24.6. The lowest BCUT2D eigenvalue weighted by atomic mass is 10.5. The minimum Gasteiger partial charge on any atom is -0.265 e. The highest BCUT2D eigenvalue weighted by atomic mass is 32.2. The van der Waals surface area contributed by atoms with Crippen molar-refractivity contribution in [2.45, 2.75) is 13.3 Å². The predicted molar refractivity (Wildman–Crippen MR) is 25.5 cm³/mol. The summed E-state index contributed by atoms with van der Waals surface area (Å²) in [4.78, 5) is 0. The molecule has 0 spiro atoms. The average molecular weight is 126 g/mol. The van der Waals surface area contributed by atoms with Crippen molar-refractivity contribution in [1.29, 1.82) is 0 Å². The molecule has 0 aromatic carbocycles. The summed E-state index contributed by atoms with van der Waals surface area (Å²) in [6.45, 7) is 2.04. The minimum absolute atomic E-state index is 0.225. The summed E-state index contributed by atoms with van der Waals surface area (Å²) >= 11 is -2.57. The first-order chi connectivity index (χ1) is 3.27. The van der Waals surface area contributed by atoms with Crippen LogP contribution >= 0.6 is 0 Å². The van der Waals surface area contributed by atoms with Crippen LogP contribution in [0.15, 0.2) is 0 Å². The quantitative estimate of drug-likeness (QED) is 0.526. The number of hydrogen-bond acceptors (Lipinski definition) is 2. The highest BCUT2D eigenvalue weighted by molar-refractivity contribution is 7.74. The Labute approximate surface area is 44.6 Å². The van der Waals surface area contributed by atoms with E-state index in [0.717, 1.165) is 0 Å². The van der Waals surface area contributed by atoms with E-state index in [4.69, 9.17) is 0 Å². The zero-order chi connectivity index (χ0) is 5.70. The van der Waals surface area contributed by atoms with Gasteiger partial charge in [-0.2, -0.15) is 4.21 Å². The van der Waals surface area contributed by atoms with Gasteiger partial charge in [0.15, 0.2) is 0 Å². The van der Waals surface area contributed by atoms with Gasteiger partial charge < -0.3 is 0 Å². The largest absolute Gasteiger partial charge is 0.344 e. The van der Waals surface area contributed by atoms with Gasteiger partial charge in [-0.05, 0) is 6.42 Å². The van der Waals surface area contributed by atoms with Crippen LogP contribution in [0.2, 0.25) is 0 Å². The second-order valence-corrected chi connectivity index (χ2v) is 1.64. The lowest BCUT2D eigenvalue weighted by Crippen LogP contribution is -1.90. The van der Waals surface area contributed by atoms with E-state index in [2.05, 4.69) is 4.18 Å². The Morgan fingerprint density at radius 1 is 1.86 bits per heavy atom. The van der Waals surface area contributed by atoms with E-state index in [1.165, 1.54) is 0 Å². The fourth-order valence-electron chi connectivity index (χ4n) is 0.149. The monoisotopic (exact) mass is 126 g/mol. The van der Waals surface area contributed by atoms with E-state index in [-0.39, 0.29) is 6.61 Å². The fraction of sp³-hybridized carbons (Fsp3) is 1.00. The van der Waals surface area contributed by atoms with Crippen molar-refractivity contribution in [3.05, 3.63) is 0 Å². The molecular weight excluding hydrogens is 119 g/mol. The molecule has 0 heterocycles. The Bertz CT molecular complexity index is 66.0. The van der Waals surface area contributed by atoms with Gasteiger partial charge in [-0.3, -0.25) is 4.18 Å². The van der Waals surface area contributed by atoms with Crippen molar-refractivity contribution in [1.82, 2.24) is 0 Å². The molecule has 0 bridgehead atoms. The maximum absolute atomic E-state index is 11.1. The number of halogens is 1. The van der Waals surface area contributed by atoms with Gasteiger partial charge in [0.2, 0.25) is 0 Å². The Balaban J connectivity index is 2.82. The average Bonchev–Trinajstić information content (AvgIpc) is 1.61. The first-order valence-corrected chi connectivity index (χ1v) is 2.96. The Kier molecular flexibility index (Phi) is 4.23. The molecule has 0 N–H and O–H groups in total. The lowest BCUT2D eigenvalue weighted by molar-refractivity contribution is 0.328. The minimum atomic E-state index is -2.57. The number of rotatable bonds is 3. The van der Waals surface area contributed by atoms with Crippen molar-refractivity contribution < 1.29 is 12.3 Å². The fourth-order valence-corrected chi connectivity index (χ4v) is 0.447. The molecule has 0 amide bonds.